The Kier molecular flexibility index (Phi) is 10.1. The molecule has 2 heteroatoms. The highest BCUT2D eigenvalue weighted by Crippen LogP contribution is 2.38. The van der Waals surface area contributed by atoms with Crippen LogP contribution in [0.25, 0.3) is 0 Å². The van der Waals surface area contributed by atoms with Crippen LogP contribution in [0.3, 0.4) is 0 Å². The average Bonchev–Trinajstić information content (AvgIpc) is 2.66. The van der Waals surface area contributed by atoms with Crippen molar-refractivity contribution in [1.82, 2.24) is 0 Å². The maximum Gasteiger partial charge on any atom is 0.165 e. The number of unbranched alkanes of at least 4 members (excludes halogenated alkanes) is 6. The lowest BCUT2D eigenvalue weighted by molar-refractivity contribution is 0.288. The predicted molar refractivity (Wildman–Crippen MR) is 109 cm³/mol. The van der Waals surface area contributed by atoms with Crippen molar-refractivity contribution in [2.24, 2.45) is 5.92 Å². The first-order valence-electron chi connectivity index (χ1n) is 11.2. The molecule has 1 aromatic rings. The molecule has 148 valence electrons. The van der Waals surface area contributed by atoms with Gasteiger partial charge in [-0.05, 0) is 61.6 Å². The van der Waals surface area contributed by atoms with Crippen molar-refractivity contribution in [2.75, 3.05) is 6.61 Å². The van der Waals surface area contributed by atoms with E-state index in [0.717, 1.165) is 12.3 Å². The lowest BCUT2D eigenvalue weighted by Gasteiger charge is -2.29. The molecule has 0 bridgehead atoms. The first-order chi connectivity index (χ1) is 12.7. The zero-order chi connectivity index (χ0) is 18.6. The summed E-state index contributed by atoms with van der Waals surface area (Å²) >= 11 is 0. The van der Waals surface area contributed by atoms with E-state index in [2.05, 4.69) is 19.9 Å². The van der Waals surface area contributed by atoms with Crippen molar-refractivity contribution < 1.29 is 9.13 Å². The van der Waals surface area contributed by atoms with Crippen LogP contribution in [0.1, 0.15) is 109 Å². The fraction of sp³-hybridized carbons (Fsp3) is 0.750. The van der Waals surface area contributed by atoms with Crippen molar-refractivity contribution >= 4 is 0 Å². The second-order valence-electron chi connectivity index (χ2n) is 8.17. The average molecular weight is 363 g/mol. The molecule has 1 aliphatic carbocycles. The third-order valence-electron chi connectivity index (χ3n) is 6.00. The lowest BCUT2D eigenvalue weighted by Crippen LogP contribution is -2.13. The summed E-state index contributed by atoms with van der Waals surface area (Å²) in [6.07, 6.45) is 16.5. The van der Waals surface area contributed by atoms with Gasteiger partial charge in [0.1, 0.15) is 0 Å². The van der Waals surface area contributed by atoms with Crippen LogP contribution in [-0.4, -0.2) is 6.61 Å². The van der Waals surface area contributed by atoms with Crippen molar-refractivity contribution in [3.05, 3.63) is 29.6 Å². The molecule has 0 spiro atoms. The summed E-state index contributed by atoms with van der Waals surface area (Å²) in [7, 11) is 0. The smallest absolute Gasteiger partial charge is 0.165 e. The molecule has 1 fully saturated rings. The third-order valence-corrected chi connectivity index (χ3v) is 6.00. The number of ether oxygens (including phenoxy) is 1. The highest BCUT2D eigenvalue weighted by molar-refractivity contribution is 5.31. The summed E-state index contributed by atoms with van der Waals surface area (Å²) in [6.45, 7) is 5.11. The summed E-state index contributed by atoms with van der Waals surface area (Å²) < 4.78 is 20.0. The van der Waals surface area contributed by atoms with Crippen LogP contribution in [0.15, 0.2) is 18.2 Å². The molecular formula is C24H39FO. The van der Waals surface area contributed by atoms with E-state index in [1.165, 1.54) is 82.6 Å². The number of hydrogen-bond donors (Lipinski definition) is 0. The second kappa shape index (κ2) is 12.4. The molecule has 0 atom stereocenters. The summed E-state index contributed by atoms with van der Waals surface area (Å²) in [4.78, 5) is 0. The molecule has 0 N–H and O–H groups in total. The maximum atomic E-state index is 14.4. The zero-order valence-corrected chi connectivity index (χ0v) is 17.1. The Hall–Kier alpha value is -1.05. The fourth-order valence-corrected chi connectivity index (χ4v) is 4.24. The Morgan fingerprint density at radius 1 is 0.885 bits per heavy atom. The summed E-state index contributed by atoms with van der Waals surface area (Å²) in [5, 5.41) is 0. The normalized spacial score (nSPS) is 20.3. The molecule has 0 amide bonds. The van der Waals surface area contributed by atoms with Gasteiger partial charge in [0.05, 0.1) is 6.61 Å². The van der Waals surface area contributed by atoms with E-state index in [0.29, 0.717) is 18.3 Å². The Bertz CT molecular complexity index is 491. The van der Waals surface area contributed by atoms with Crippen LogP contribution in [0.4, 0.5) is 4.39 Å². The van der Waals surface area contributed by atoms with Crippen LogP contribution in [-0.2, 0) is 0 Å². The van der Waals surface area contributed by atoms with E-state index in [-0.39, 0.29) is 5.82 Å². The monoisotopic (exact) mass is 362 g/mol. The van der Waals surface area contributed by atoms with Gasteiger partial charge in [-0.1, -0.05) is 71.3 Å². The molecule has 0 aromatic heterocycles. The van der Waals surface area contributed by atoms with Gasteiger partial charge in [0.15, 0.2) is 11.6 Å². The minimum atomic E-state index is -0.180. The van der Waals surface area contributed by atoms with Crippen molar-refractivity contribution in [3.8, 4) is 5.75 Å². The van der Waals surface area contributed by atoms with Gasteiger partial charge in [-0.3, -0.25) is 0 Å². The number of hydrogen-bond acceptors (Lipinski definition) is 1. The van der Waals surface area contributed by atoms with Gasteiger partial charge >= 0.3 is 0 Å². The molecule has 26 heavy (non-hydrogen) atoms. The summed E-state index contributed by atoms with van der Waals surface area (Å²) in [5.74, 6) is 1.69. The summed E-state index contributed by atoms with van der Waals surface area (Å²) in [5.41, 5.74) is 1.17. The Labute approximate surface area is 160 Å². The molecular weight excluding hydrogens is 323 g/mol. The van der Waals surface area contributed by atoms with E-state index < -0.39 is 0 Å². The second-order valence-corrected chi connectivity index (χ2v) is 8.17. The van der Waals surface area contributed by atoms with Gasteiger partial charge in [0.2, 0.25) is 0 Å². The van der Waals surface area contributed by atoms with Gasteiger partial charge in [0.25, 0.3) is 0 Å². The van der Waals surface area contributed by atoms with E-state index in [1.807, 2.05) is 6.07 Å². The highest BCUT2D eigenvalue weighted by Gasteiger charge is 2.22. The molecule has 0 heterocycles. The topological polar surface area (TPSA) is 9.23 Å². The van der Waals surface area contributed by atoms with E-state index in [1.54, 1.807) is 6.07 Å². The van der Waals surface area contributed by atoms with Gasteiger partial charge in [-0.15, -0.1) is 0 Å². The molecule has 0 radical (unpaired) electrons. The maximum absolute atomic E-state index is 14.4. The van der Waals surface area contributed by atoms with Crippen LogP contribution in [0.5, 0.6) is 5.75 Å². The molecule has 1 aromatic carbocycles. The summed E-state index contributed by atoms with van der Waals surface area (Å²) in [6, 6.07) is 5.68. The zero-order valence-electron chi connectivity index (χ0n) is 17.1. The molecule has 1 nitrogen and oxygen atoms in total. The van der Waals surface area contributed by atoms with Gasteiger partial charge in [0, 0.05) is 0 Å². The number of rotatable bonds is 12. The predicted octanol–water partition coefficient (Wildman–Crippen LogP) is 8.03. The Balaban J connectivity index is 1.73. The standard InChI is InChI=1S/C24H39FO/c1-3-5-7-8-10-18-26-24-17-16-22(19-23(24)25)21-14-12-20(13-15-21)11-9-6-4-2/h16-17,19-21H,3-15,18H2,1-2H3. The van der Waals surface area contributed by atoms with Crippen molar-refractivity contribution in [1.29, 1.82) is 0 Å². The molecule has 1 saturated carbocycles. The molecule has 0 aliphatic heterocycles. The third kappa shape index (κ3) is 7.29. The first-order valence-corrected chi connectivity index (χ1v) is 11.2. The molecule has 2 rings (SSSR count). The molecule has 0 unspecified atom stereocenters. The van der Waals surface area contributed by atoms with Crippen molar-refractivity contribution in [3.63, 3.8) is 0 Å². The molecule has 1 aliphatic rings. The van der Waals surface area contributed by atoms with Crippen LogP contribution >= 0.6 is 0 Å². The Morgan fingerprint density at radius 2 is 1.58 bits per heavy atom. The SMILES string of the molecule is CCCCCCCOc1ccc(C2CCC(CCCCC)CC2)cc1F. The van der Waals surface area contributed by atoms with Crippen LogP contribution in [0, 0.1) is 11.7 Å². The number of benzene rings is 1. The quantitative estimate of drug-likeness (QED) is 0.342. The van der Waals surface area contributed by atoms with Crippen molar-refractivity contribution in [2.45, 2.75) is 103 Å². The lowest BCUT2D eigenvalue weighted by atomic mass is 9.77. The van der Waals surface area contributed by atoms with E-state index >= 15 is 0 Å². The van der Waals surface area contributed by atoms with Gasteiger partial charge in [-0.25, -0.2) is 4.39 Å². The van der Waals surface area contributed by atoms with E-state index in [9.17, 15) is 4.39 Å². The molecule has 0 saturated heterocycles. The fourth-order valence-electron chi connectivity index (χ4n) is 4.24. The first kappa shape index (κ1) is 21.3. The largest absolute Gasteiger partial charge is 0.491 e. The Morgan fingerprint density at radius 3 is 2.27 bits per heavy atom. The highest BCUT2D eigenvalue weighted by atomic mass is 19.1. The van der Waals surface area contributed by atoms with E-state index in [4.69, 9.17) is 4.74 Å². The van der Waals surface area contributed by atoms with Crippen LogP contribution < -0.4 is 4.74 Å². The van der Waals surface area contributed by atoms with Gasteiger partial charge < -0.3 is 4.74 Å². The van der Waals surface area contributed by atoms with Crippen LogP contribution in [0.2, 0.25) is 0 Å². The number of halogens is 1. The minimum Gasteiger partial charge on any atom is -0.491 e. The van der Waals surface area contributed by atoms with Gasteiger partial charge in [-0.2, -0.15) is 0 Å². The minimum absolute atomic E-state index is 0.180.